The third-order valence-corrected chi connectivity index (χ3v) is 4.28. The number of benzene rings is 1. The van der Waals surface area contributed by atoms with Gasteiger partial charge in [-0.1, -0.05) is 35.3 Å². The highest BCUT2D eigenvalue weighted by Gasteiger charge is 2.15. The van der Waals surface area contributed by atoms with Crippen LogP contribution in [0.1, 0.15) is 26.4 Å². The zero-order valence-electron chi connectivity index (χ0n) is 13.3. The van der Waals surface area contributed by atoms with Crippen molar-refractivity contribution >= 4 is 40.9 Å². The second-order valence-corrected chi connectivity index (χ2v) is 6.02. The average Bonchev–Trinajstić information content (AvgIpc) is 2.85. The molecule has 1 heterocycles. The van der Waals surface area contributed by atoms with E-state index in [1.54, 1.807) is 31.3 Å². The average molecular weight is 383 g/mol. The Balaban J connectivity index is 1.95. The molecule has 7 nitrogen and oxygen atoms in total. The maximum atomic E-state index is 12.2. The molecule has 0 aliphatic carbocycles. The molecular formula is C16H16Cl2N4O3. The molecule has 132 valence electrons. The summed E-state index contributed by atoms with van der Waals surface area (Å²) in [6.07, 6.45) is 0. The number of primary amides is 1. The Morgan fingerprint density at radius 2 is 1.72 bits per heavy atom. The molecule has 1 aromatic heterocycles. The predicted octanol–water partition coefficient (Wildman–Crippen LogP) is 1.48. The summed E-state index contributed by atoms with van der Waals surface area (Å²) in [5.41, 5.74) is 6.50. The fraction of sp³-hybridized carbons (Fsp3) is 0.188. The Bertz CT molecular complexity index is 816. The monoisotopic (exact) mass is 382 g/mol. The normalized spacial score (nSPS) is 10.4. The van der Waals surface area contributed by atoms with Gasteiger partial charge in [0.15, 0.2) is 0 Å². The summed E-state index contributed by atoms with van der Waals surface area (Å²) in [4.78, 5) is 34.6. The smallest absolute Gasteiger partial charge is 0.268 e. The Kier molecular flexibility index (Phi) is 6.06. The van der Waals surface area contributed by atoms with Crippen LogP contribution in [-0.2, 0) is 18.4 Å². The van der Waals surface area contributed by atoms with Crippen LogP contribution in [0.2, 0.25) is 10.2 Å². The third kappa shape index (κ3) is 4.74. The molecule has 4 N–H and O–H groups in total. The van der Waals surface area contributed by atoms with Crippen LogP contribution in [0.5, 0.6) is 0 Å². The van der Waals surface area contributed by atoms with Gasteiger partial charge in [-0.2, -0.15) is 0 Å². The van der Waals surface area contributed by atoms with E-state index in [2.05, 4.69) is 10.6 Å². The molecule has 25 heavy (non-hydrogen) atoms. The summed E-state index contributed by atoms with van der Waals surface area (Å²) in [5, 5.41) is 5.74. The number of hydrogen-bond donors (Lipinski definition) is 3. The molecule has 1 aromatic carbocycles. The number of rotatable bonds is 6. The fourth-order valence-corrected chi connectivity index (χ4v) is 2.45. The maximum Gasteiger partial charge on any atom is 0.268 e. The Morgan fingerprint density at radius 3 is 2.24 bits per heavy atom. The Morgan fingerprint density at radius 1 is 1.08 bits per heavy atom. The molecule has 0 fully saturated rings. The van der Waals surface area contributed by atoms with Crippen molar-refractivity contribution in [2.24, 2.45) is 12.8 Å². The lowest BCUT2D eigenvalue weighted by molar-refractivity contribution is -0.117. The Hall–Kier alpha value is -2.51. The minimum absolute atomic E-state index is 0.224. The van der Waals surface area contributed by atoms with Gasteiger partial charge in [-0.25, -0.2) is 0 Å². The standard InChI is InChI=1S/C16H16Cl2N4O3/c1-22-12(6-11(17)14(22)18)16(25)20-7-9-2-4-10(5-3-9)15(24)21-8-13(19)23/h2-6H,7-8H2,1H3,(H2,19,23)(H,20,25)(H,21,24). The van der Waals surface area contributed by atoms with E-state index in [1.165, 1.54) is 10.6 Å². The fourth-order valence-electron chi connectivity index (χ4n) is 2.08. The van der Waals surface area contributed by atoms with E-state index in [4.69, 9.17) is 28.9 Å². The number of halogens is 2. The van der Waals surface area contributed by atoms with Crippen LogP contribution in [0.3, 0.4) is 0 Å². The number of carbonyl (C=O) groups is 3. The van der Waals surface area contributed by atoms with Gasteiger partial charge in [-0.05, 0) is 23.8 Å². The topological polar surface area (TPSA) is 106 Å². The van der Waals surface area contributed by atoms with Gasteiger partial charge in [0.1, 0.15) is 10.8 Å². The van der Waals surface area contributed by atoms with Crippen molar-refractivity contribution in [2.45, 2.75) is 6.54 Å². The van der Waals surface area contributed by atoms with Gasteiger partial charge in [0.05, 0.1) is 11.6 Å². The van der Waals surface area contributed by atoms with Gasteiger partial charge >= 0.3 is 0 Å². The van der Waals surface area contributed by atoms with Gasteiger partial charge < -0.3 is 20.9 Å². The first-order valence-corrected chi connectivity index (χ1v) is 7.99. The lowest BCUT2D eigenvalue weighted by Gasteiger charge is -2.08. The molecule has 2 rings (SSSR count). The number of aromatic nitrogens is 1. The summed E-state index contributed by atoms with van der Waals surface area (Å²) in [5.74, 6) is -1.34. The minimum atomic E-state index is -0.617. The van der Waals surface area contributed by atoms with E-state index >= 15 is 0 Å². The van der Waals surface area contributed by atoms with E-state index in [0.717, 1.165) is 5.56 Å². The summed E-state index contributed by atoms with van der Waals surface area (Å²) < 4.78 is 1.49. The van der Waals surface area contributed by atoms with E-state index in [0.29, 0.717) is 16.3 Å². The molecule has 0 unspecified atom stereocenters. The molecule has 0 saturated carbocycles. The van der Waals surface area contributed by atoms with Crippen LogP contribution in [0, 0.1) is 0 Å². The number of hydrogen-bond acceptors (Lipinski definition) is 3. The molecule has 0 bridgehead atoms. The van der Waals surface area contributed by atoms with Gasteiger partial charge in [-0.3, -0.25) is 14.4 Å². The van der Waals surface area contributed by atoms with Crippen LogP contribution >= 0.6 is 23.2 Å². The molecule has 0 aliphatic heterocycles. The first kappa shape index (κ1) is 18.8. The van der Waals surface area contributed by atoms with Crippen LogP contribution in [-0.4, -0.2) is 28.8 Å². The Labute approximate surface area is 154 Å². The molecular weight excluding hydrogens is 367 g/mol. The predicted molar refractivity (Wildman–Crippen MR) is 94.6 cm³/mol. The number of carbonyl (C=O) groups excluding carboxylic acids is 3. The summed E-state index contributed by atoms with van der Waals surface area (Å²) in [6.45, 7) is 0.0425. The first-order chi connectivity index (χ1) is 11.8. The minimum Gasteiger partial charge on any atom is -0.368 e. The zero-order chi connectivity index (χ0) is 18.6. The number of nitrogens with two attached hydrogens (primary N) is 1. The molecule has 2 aromatic rings. The maximum absolute atomic E-state index is 12.2. The third-order valence-electron chi connectivity index (χ3n) is 3.44. The highest BCUT2D eigenvalue weighted by Crippen LogP contribution is 2.25. The largest absolute Gasteiger partial charge is 0.368 e. The van der Waals surface area contributed by atoms with E-state index < -0.39 is 11.8 Å². The second-order valence-electron chi connectivity index (χ2n) is 5.26. The van der Waals surface area contributed by atoms with Gasteiger partial charge in [0.25, 0.3) is 11.8 Å². The zero-order valence-corrected chi connectivity index (χ0v) is 14.8. The van der Waals surface area contributed by atoms with Gasteiger partial charge in [0.2, 0.25) is 5.91 Å². The van der Waals surface area contributed by atoms with Crippen molar-refractivity contribution in [1.29, 1.82) is 0 Å². The molecule has 0 radical (unpaired) electrons. The number of amides is 3. The summed E-state index contributed by atoms with van der Waals surface area (Å²) in [7, 11) is 1.64. The van der Waals surface area contributed by atoms with Crippen molar-refractivity contribution in [1.82, 2.24) is 15.2 Å². The van der Waals surface area contributed by atoms with Crippen molar-refractivity contribution < 1.29 is 14.4 Å². The van der Waals surface area contributed by atoms with Crippen molar-refractivity contribution in [3.8, 4) is 0 Å². The highest BCUT2D eigenvalue weighted by molar-refractivity contribution is 6.41. The van der Waals surface area contributed by atoms with Crippen molar-refractivity contribution in [3.63, 3.8) is 0 Å². The van der Waals surface area contributed by atoms with Crippen LogP contribution in [0.25, 0.3) is 0 Å². The van der Waals surface area contributed by atoms with Crippen LogP contribution in [0.15, 0.2) is 30.3 Å². The van der Waals surface area contributed by atoms with Crippen LogP contribution in [0.4, 0.5) is 0 Å². The lowest BCUT2D eigenvalue weighted by atomic mass is 10.1. The summed E-state index contributed by atoms with van der Waals surface area (Å²) in [6, 6.07) is 8.07. The van der Waals surface area contributed by atoms with E-state index in [9.17, 15) is 14.4 Å². The van der Waals surface area contributed by atoms with Gasteiger partial charge in [0, 0.05) is 19.2 Å². The van der Waals surface area contributed by atoms with Crippen molar-refractivity contribution in [3.05, 3.63) is 57.3 Å². The summed E-state index contributed by atoms with van der Waals surface area (Å²) >= 11 is 11.8. The molecule has 0 spiro atoms. The first-order valence-electron chi connectivity index (χ1n) is 7.24. The molecule has 3 amide bonds. The molecule has 0 atom stereocenters. The second kappa shape index (κ2) is 8.04. The van der Waals surface area contributed by atoms with Crippen molar-refractivity contribution in [2.75, 3.05) is 6.54 Å². The van der Waals surface area contributed by atoms with Crippen LogP contribution < -0.4 is 16.4 Å². The van der Waals surface area contributed by atoms with Gasteiger partial charge in [-0.15, -0.1) is 0 Å². The highest BCUT2D eigenvalue weighted by atomic mass is 35.5. The van der Waals surface area contributed by atoms with E-state index in [-0.39, 0.29) is 24.1 Å². The SMILES string of the molecule is Cn1c(C(=O)NCc2ccc(C(=O)NCC(N)=O)cc2)cc(Cl)c1Cl. The lowest BCUT2D eigenvalue weighted by Crippen LogP contribution is -2.33. The molecule has 0 aliphatic rings. The number of nitrogens with one attached hydrogen (secondary N) is 2. The van der Waals surface area contributed by atoms with E-state index in [1.807, 2.05) is 0 Å². The molecule has 9 heteroatoms. The number of nitrogens with zero attached hydrogens (tertiary/aromatic N) is 1. The molecule has 0 saturated heterocycles. The quantitative estimate of drug-likeness (QED) is 0.703.